The van der Waals surface area contributed by atoms with Gasteiger partial charge in [-0.2, -0.15) is 0 Å². The zero-order valence-corrected chi connectivity index (χ0v) is 20.3. The molecule has 0 aliphatic carbocycles. The van der Waals surface area contributed by atoms with E-state index in [1.54, 1.807) is 6.20 Å². The number of anilines is 1. The maximum Gasteiger partial charge on any atom is 0.310 e. The Morgan fingerprint density at radius 2 is 1.92 bits per heavy atom. The zero-order valence-electron chi connectivity index (χ0n) is 19.5. The van der Waals surface area contributed by atoms with E-state index < -0.39 is 32.3 Å². The Morgan fingerprint density at radius 3 is 2.51 bits per heavy atom. The number of ether oxygens (including phenoxy) is 1. The third-order valence-electron chi connectivity index (χ3n) is 7.59. The van der Waals surface area contributed by atoms with E-state index >= 15 is 0 Å². The molecule has 3 fully saturated rings. The number of nitrogens with one attached hydrogen (secondary N) is 2. The summed E-state index contributed by atoms with van der Waals surface area (Å²) >= 11 is 0. The van der Waals surface area contributed by atoms with E-state index in [0.29, 0.717) is 50.8 Å². The molecule has 0 radical (unpaired) electrons. The molecule has 8 nitrogen and oxygen atoms in total. The second-order valence-electron chi connectivity index (χ2n) is 10.1. The molecule has 2 unspecified atom stereocenters. The minimum atomic E-state index is -9.89. The normalized spacial score (nSPS) is 26.4. The van der Waals surface area contributed by atoms with Gasteiger partial charge in [0.25, 0.3) is 5.91 Å². The van der Waals surface area contributed by atoms with Gasteiger partial charge in [0.05, 0.1) is 17.7 Å². The van der Waals surface area contributed by atoms with E-state index in [4.69, 9.17) is 15.5 Å². The number of likely N-dealkylation sites (tertiary alicyclic amines) is 1. The van der Waals surface area contributed by atoms with Gasteiger partial charge in [-0.15, -0.1) is 0 Å². The zero-order chi connectivity index (χ0) is 26.3. The molecule has 1 amide bonds. The van der Waals surface area contributed by atoms with Crippen LogP contribution in [-0.4, -0.2) is 58.0 Å². The highest BCUT2D eigenvalue weighted by atomic mass is 32.5. The van der Waals surface area contributed by atoms with Gasteiger partial charge >= 0.3 is 10.2 Å². The number of hydrogen-bond donors (Lipinski definition) is 3. The predicted octanol–water partition coefficient (Wildman–Crippen LogP) is 4.80. The molecule has 14 heteroatoms. The number of imidazole rings is 1. The lowest BCUT2D eigenvalue weighted by molar-refractivity contribution is -0.0154. The van der Waals surface area contributed by atoms with Gasteiger partial charge < -0.3 is 25.7 Å². The summed E-state index contributed by atoms with van der Waals surface area (Å²) in [4.78, 5) is 24.9. The van der Waals surface area contributed by atoms with Crippen LogP contribution in [0.15, 0.2) is 35.4 Å². The van der Waals surface area contributed by atoms with E-state index in [1.807, 2.05) is 6.07 Å². The van der Waals surface area contributed by atoms with Gasteiger partial charge in [-0.3, -0.25) is 4.79 Å². The first-order valence-corrected chi connectivity index (χ1v) is 13.8. The smallest absolute Gasteiger partial charge is 0.310 e. The third kappa shape index (κ3) is 4.20. The molecule has 2 aromatic heterocycles. The van der Waals surface area contributed by atoms with Crippen molar-refractivity contribution >= 4 is 33.0 Å². The van der Waals surface area contributed by atoms with Crippen LogP contribution in [0, 0.1) is 0 Å². The first kappa shape index (κ1) is 24.4. The molecule has 6 rings (SSSR count). The topological polar surface area (TPSA) is 109 Å². The molecule has 3 aliphatic heterocycles. The number of carbonyl (C=O) groups excluding carboxylic acids is 1. The molecule has 1 aromatic carbocycles. The molecule has 37 heavy (non-hydrogen) atoms. The summed E-state index contributed by atoms with van der Waals surface area (Å²) in [5.41, 5.74) is 6.71. The number of H-pyrrole nitrogens is 1. The second kappa shape index (κ2) is 7.32. The van der Waals surface area contributed by atoms with Crippen molar-refractivity contribution in [2.75, 3.05) is 32.0 Å². The number of pyridine rings is 1. The lowest BCUT2D eigenvalue weighted by Gasteiger charge is -2.40. The third-order valence-corrected chi connectivity index (χ3v) is 8.73. The Balaban J connectivity index is 1.19. The Labute approximate surface area is 208 Å². The van der Waals surface area contributed by atoms with Gasteiger partial charge in [0.15, 0.2) is 5.65 Å². The largest absolute Gasteiger partial charge is 0.398 e. The monoisotopic (exact) mass is 544 g/mol. The lowest BCUT2D eigenvalue weighted by atomic mass is 9.89. The van der Waals surface area contributed by atoms with Crippen molar-refractivity contribution in [1.29, 1.82) is 0 Å². The highest BCUT2D eigenvalue weighted by molar-refractivity contribution is 8.45. The summed E-state index contributed by atoms with van der Waals surface area (Å²) in [6.07, 6.45) is 3.72. The first-order chi connectivity index (χ1) is 17.2. The van der Waals surface area contributed by atoms with Crippen LogP contribution >= 0.6 is 10.2 Å². The number of benzene rings is 1. The first-order valence-electron chi connectivity index (χ1n) is 11.9. The molecule has 3 aliphatic rings. The van der Waals surface area contributed by atoms with Crippen LogP contribution in [0.3, 0.4) is 0 Å². The number of morpholine rings is 1. The van der Waals surface area contributed by atoms with Crippen LogP contribution in [0.4, 0.5) is 25.1 Å². The highest BCUT2D eigenvalue weighted by Gasteiger charge is 2.65. The van der Waals surface area contributed by atoms with Gasteiger partial charge in [-0.1, -0.05) is 19.4 Å². The van der Waals surface area contributed by atoms with Gasteiger partial charge in [0.1, 0.15) is 16.3 Å². The number of aromatic nitrogens is 3. The number of carbonyl (C=O) groups is 1. The number of amides is 1. The van der Waals surface area contributed by atoms with Crippen molar-refractivity contribution in [3.8, 4) is 0 Å². The Bertz CT molecular complexity index is 1410. The maximum absolute atomic E-state index is 13.1. The molecule has 5 heterocycles. The summed E-state index contributed by atoms with van der Waals surface area (Å²) in [5, 5.41) is 3.42. The predicted molar refractivity (Wildman–Crippen MR) is 128 cm³/mol. The number of fused-ring (bicyclic) bond motifs is 3. The van der Waals surface area contributed by atoms with E-state index in [2.05, 4.69) is 15.3 Å². The van der Waals surface area contributed by atoms with Crippen LogP contribution in [0.25, 0.3) is 11.2 Å². The van der Waals surface area contributed by atoms with E-state index in [0.717, 1.165) is 29.4 Å². The minimum Gasteiger partial charge on any atom is -0.398 e. The van der Waals surface area contributed by atoms with Crippen LogP contribution < -0.4 is 11.1 Å². The molecule has 200 valence electrons. The average molecular weight is 545 g/mol. The fourth-order valence-electron chi connectivity index (χ4n) is 5.61. The van der Waals surface area contributed by atoms with E-state index in [9.17, 15) is 24.2 Å². The number of nitrogens with two attached hydrogens (primary N) is 1. The lowest BCUT2D eigenvalue weighted by Crippen LogP contribution is -2.38. The molecule has 2 bridgehead atoms. The van der Waals surface area contributed by atoms with E-state index in [-0.39, 0.29) is 23.6 Å². The minimum absolute atomic E-state index is 0.0899. The van der Waals surface area contributed by atoms with Crippen molar-refractivity contribution in [1.82, 2.24) is 25.2 Å². The summed E-state index contributed by atoms with van der Waals surface area (Å²) in [5.74, 6) is 0.245. The SMILES string of the molecule is Nc1cc(S(F)(F)(F)(F)F)ccc1C(=O)N1CCC(c2ccnc3nc(C45CNC(CO4)C5)[nH]c23)CC1. The summed E-state index contributed by atoms with van der Waals surface area (Å²) in [6.45, 7) is 1.97. The average Bonchev–Trinajstić information content (AvgIpc) is 3.57. The van der Waals surface area contributed by atoms with Crippen LogP contribution in [-0.2, 0) is 10.3 Å². The molecule has 0 spiro atoms. The van der Waals surface area contributed by atoms with Crippen LogP contribution in [0.1, 0.15) is 46.9 Å². The molecular formula is C23H25F5N6O2S. The Hall–Kier alpha value is -2.97. The Morgan fingerprint density at radius 1 is 1.16 bits per heavy atom. The molecule has 4 N–H and O–H groups in total. The van der Waals surface area contributed by atoms with Crippen molar-refractivity contribution < 1.29 is 29.0 Å². The van der Waals surface area contributed by atoms with Gasteiger partial charge in [0, 0.05) is 44.0 Å². The van der Waals surface area contributed by atoms with Crippen molar-refractivity contribution in [3.05, 3.63) is 47.4 Å². The fraction of sp³-hybridized carbons (Fsp3) is 0.435. The number of halogens is 5. The highest BCUT2D eigenvalue weighted by Crippen LogP contribution is 3.02. The molecule has 0 saturated carbocycles. The number of hydrogen-bond acceptors (Lipinski definition) is 6. The molecular weight excluding hydrogens is 519 g/mol. The second-order valence-corrected chi connectivity index (χ2v) is 12.5. The van der Waals surface area contributed by atoms with Crippen molar-refractivity contribution in [2.45, 2.75) is 41.7 Å². The van der Waals surface area contributed by atoms with Crippen LogP contribution in [0.5, 0.6) is 0 Å². The number of nitrogens with zero attached hydrogens (tertiary/aromatic N) is 3. The number of aromatic amines is 1. The van der Waals surface area contributed by atoms with Gasteiger partial charge in [-0.25, -0.2) is 9.97 Å². The quantitative estimate of drug-likeness (QED) is 0.322. The summed E-state index contributed by atoms with van der Waals surface area (Å²) < 4.78 is 71.5. The van der Waals surface area contributed by atoms with E-state index in [1.165, 1.54) is 4.90 Å². The number of piperidine rings is 1. The van der Waals surface area contributed by atoms with Gasteiger partial charge in [0.2, 0.25) is 0 Å². The van der Waals surface area contributed by atoms with Crippen LogP contribution in [0.2, 0.25) is 0 Å². The number of rotatable bonds is 4. The Kier molecular flexibility index (Phi) is 4.82. The maximum atomic E-state index is 13.1. The standard InChI is InChI=1S/C23H25F5N6O2S/c24-37(25,26,27,28)15-1-2-17(18(29)9-15)21(35)34-7-4-13(5-8-34)16-3-6-30-20-19(16)32-22(33-20)23-10-14(11-36-23)31-12-23/h1-3,6,9,13-14,31H,4-5,7-8,10-12,29H2,(H,30,32,33). The summed E-state index contributed by atoms with van der Waals surface area (Å²) in [7, 11) is -9.89. The molecule has 3 saturated heterocycles. The number of nitrogen functional groups attached to an aromatic ring is 1. The molecule has 2 atom stereocenters. The van der Waals surface area contributed by atoms with Crippen molar-refractivity contribution in [2.24, 2.45) is 0 Å². The molecule has 3 aromatic rings. The summed E-state index contributed by atoms with van der Waals surface area (Å²) in [6, 6.07) is 3.32. The van der Waals surface area contributed by atoms with Gasteiger partial charge in [-0.05, 0) is 48.6 Å². The van der Waals surface area contributed by atoms with Crippen molar-refractivity contribution in [3.63, 3.8) is 0 Å². The fourth-order valence-corrected chi connectivity index (χ4v) is 6.29.